The standard InChI is InChI=1S/C19H28F2N6O.HI/c1-5-6-11-22-19(23-12-17-25-24-14(2)27(17)4)26(3)13-15-7-9-16(10-8-15)28-18(20)21;/h7-10,18H,5-6,11-13H2,1-4H3,(H,22,23);1H. The van der Waals surface area contributed by atoms with Crippen LogP contribution < -0.4 is 10.1 Å². The molecule has 1 N–H and O–H groups in total. The third-order valence-corrected chi connectivity index (χ3v) is 4.30. The molecule has 0 unspecified atom stereocenters. The highest BCUT2D eigenvalue weighted by Crippen LogP contribution is 2.16. The molecule has 2 rings (SSSR count). The van der Waals surface area contributed by atoms with Gasteiger partial charge in [-0.25, -0.2) is 4.99 Å². The van der Waals surface area contributed by atoms with Crippen LogP contribution in [0.1, 0.15) is 37.0 Å². The summed E-state index contributed by atoms with van der Waals surface area (Å²) in [5, 5.41) is 11.6. The van der Waals surface area contributed by atoms with Crippen molar-refractivity contribution >= 4 is 29.9 Å². The average molecular weight is 522 g/mol. The minimum Gasteiger partial charge on any atom is -0.435 e. The zero-order valence-corrected chi connectivity index (χ0v) is 19.6. The fourth-order valence-electron chi connectivity index (χ4n) is 2.55. The van der Waals surface area contributed by atoms with Crippen molar-refractivity contribution in [3.05, 3.63) is 41.5 Å². The molecule has 7 nitrogen and oxygen atoms in total. The first-order chi connectivity index (χ1) is 13.4. The van der Waals surface area contributed by atoms with Crippen molar-refractivity contribution in [3.8, 4) is 5.75 Å². The number of nitrogens with zero attached hydrogens (tertiary/aromatic N) is 5. The highest BCUT2D eigenvalue weighted by molar-refractivity contribution is 14.0. The first kappa shape index (κ1) is 25.1. The number of rotatable bonds is 9. The molecule has 0 aliphatic heterocycles. The number of aryl methyl sites for hydroxylation is 1. The van der Waals surface area contributed by atoms with Crippen molar-refractivity contribution in [2.75, 3.05) is 13.6 Å². The Morgan fingerprint density at radius 3 is 2.52 bits per heavy atom. The third kappa shape index (κ3) is 8.11. The molecule has 0 radical (unpaired) electrons. The topological polar surface area (TPSA) is 67.6 Å². The Kier molecular flexibility index (Phi) is 10.8. The summed E-state index contributed by atoms with van der Waals surface area (Å²) in [4.78, 5) is 6.67. The molecular weight excluding hydrogens is 493 g/mol. The molecule has 0 fully saturated rings. The highest BCUT2D eigenvalue weighted by Gasteiger charge is 2.10. The van der Waals surface area contributed by atoms with Crippen molar-refractivity contribution in [2.24, 2.45) is 12.0 Å². The van der Waals surface area contributed by atoms with E-state index in [1.54, 1.807) is 24.3 Å². The van der Waals surface area contributed by atoms with Crippen LogP contribution in [0.3, 0.4) is 0 Å². The smallest absolute Gasteiger partial charge is 0.387 e. The van der Waals surface area contributed by atoms with Crippen molar-refractivity contribution in [3.63, 3.8) is 0 Å². The lowest BCUT2D eigenvalue weighted by Crippen LogP contribution is -2.39. The summed E-state index contributed by atoms with van der Waals surface area (Å²) in [6, 6.07) is 6.62. The van der Waals surface area contributed by atoms with Crippen molar-refractivity contribution in [1.29, 1.82) is 0 Å². The van der Waals surface area contributed by atoms with Gasteiger partial charge in [0, 0.05) is 27.2 Å². The van der Waals surface area contributed by atoms with Crippen LogP contribution in [0.25, 0.3) is 0 Å². The maximum atomic E-state index is 12.3. The number of benzene rings is 1. The lowest BCUT2D eigenvalue weighted by molar-refractivity contribution is -0.0498. The van der Waals surface area contributed by atoms with E-state index in [0.717, 1.165) is 42.6 Å². The van der Waals surface area contributed by atoms with Gasteiger partial charge in [0.25, 0.3) is 0 Å². The summed E-state index contributed by atoms with van der Waals surface area (Å²) >= 11 is 0. The van der Waals surface area contributed by atoms with E-state index in [1.165, 1.54) is 0 Å². The average Bonchev–Trinajstić information content (AvgIpc) is 2.97. The zero-order valence-electron chi connectivity index (χ0n) is 17.2. The minimum absolute atomic E-state index is 0. The third-order valence-electron chi connectivity index (χ3n) is 4.30. The zero-order chi connectivity index (χ0) is 20.5. The highest BCUT2D eigenvalue weighted by atomic mass is 127. The molecule has 0 spiro atoms. The molecule has 0 atom stereocenters. The first-order valence-corrected chi connectivity index (χ1v) is 9.28. The van der Waals surface area contributed by atoms with E-state index >= 15 is 0 Å². The van der Waals surface area contributed by atoms with Crippen LogP contribution in [0.5, 0.6) is 5.75 Å². The van der Waals surface area contributed by atoms with Gasteiger partial charge in [-0.2, -0.15) is 8.78 Å². The van der Waals surface area contributed by atoms with E-state index < -0.39 is 6.61 Å². The van der Waals surface area contributed by atoms with Gasteiger partial charge in [0.15, 0.2) is 11.8 Å². The first-order valence-electron chi connectivity index (χ1n) is 9.28. The Balaban J connectivity index is 0.00000420. The van der Waals surface area contributed by atoms with E-state index in [2.05, 4.69) is 32.2 Å². The van der Waals surface area contributed by atoms with Gasteiger partial charge in [-0.1, -0.05) is 25.5 Å². The van der Waals surface area contributed by atoms with Gasteiger partial charge >= 0.3 is 6.61 Å². The Hall–Kier alpha value is -1.98. The summed E-state index contributed by atoms with van der Waals surface area (Å²) in [6.45, 7) is 3.02. The van der Waals surface area contributed by atoms with E-state index in [0.29, 0.717) is 13.1 Å². The van der Waals surface area contributed by atoms with Gasteiger partial charge in [-0.15, -0.1) is 34.2 Å². The van der Waals surface area contributed by atoms with Crippen LogP contribution >= 0.6 is 24.0 Å². The number of halogens is 3. The summed E-state index contributed by atoms with van der Waals surface area (Å²) in [6.07, 6.45) is 2.12. The number of ether oxygens (including phenoxy) is 1. The van der Waals surface area contributed by atoms with E-state index in [-0.39, 0.29) is 29.7 Å². The van der Waals surface area contributed by atoms with Gasteiger partial charge in [0.2, 0.25) is 0 Å². The normalized spacial score (nSPS) is 11.3. The van der Waals surface area contributed by atoms with Gasteiger partial charge in [-0.05, 0) is 31.0 Å². The molecule has 10 heteroatoms. The molecule has 0 saturated carbocycles. The second kappa shape index (κ2) is 12.6. The largest absolute Gasteiger partial charge is 0.435 e. The van der Waals surface area contributed by atoms with E-state index in [4.69, 9.17) is 0 Å². The maximum absolute atomic E-state index is 12.3. The van der Waals surface area contributed by atoms with Gasteiger partial charge in [0.05, 0.1) is 0 Å². The fourth-order valence-corrected chi connectivity index (χ4v) is 2.55. The summed E-state index contributed by atoms with van der Waals surface area (Å²) in [5.74, 6) is 2.52. The number of nitrogens with one attached hydrogen (secondary N) is 1. The molecule has 0 aliphatic rings. The molecule has 0 amide bonds. The molecule has 162 valence electrons. The van der Waals surface area contributed by atoms with Crippen LogP contribution in [0.15, 0.2) is 29.3 Å². The lowest BCUT2D eigenvalue weighted by atomic mass is 10.2. The van der Waals surface area contributed by atoms with E-state index in [1.807, 2.05) is 30.5 Å². The summed E-state index contributed by atoms with van der Waals surface area (Å²) in [5.41, 5.74) is 0.962. The van der Waals surface area contributed by atoms with Gasteiger partial charge < -0.3 is 19.5 Å². The molecule has 0 bridgehead atoms. The van der Waals surface area contributed by atoms with Crippen LogP contribution in [-0.4, -0.2) is 45.8 Å². The second-order valence-corrected chi connectivity index (χ2v) is 6.52. The molecule has 0 aliphatic carbocycles. The monoisotopic (exact) mass is 522 g/mol. The number of hydrogen-bond acceptors (Lipinski definition) is 4. The predicted molar refractivity (Wildman–Crippen MR) is 120 cm³/mol. The Labute approximate surface area is 187 Å². The van der Waals surface area contributed by atoms with Crippen molar-refractivity contribution < 1.29 is 13.5 Å². The number of guanidine groups is 1. The van der Waals surface area contributed by atoms with Crippen molar-refractivity contribution in [1.82, 2.24) is 25.0 Å². The number of alkyl halides is 2. The number of aromatic nitrogens is 3. The second-order valence-electron chi connectivity index (χ2n) is 6.52. The fraction of sp³-hybridized carbons (Fsp3) is 0.526. The molecule has 1 heterocycles. The molecular formula is C19H29F2IN6O. The summed E-state index contributed by atoms with van der Waals surface area (Å²) < 4.78 is 30.8. The number of unbranched alkanes of at least 4 members (excludes halogenated alkanes) is 1. The van der Waals surface area contributed by atoms with Crippen LogP contribution in [0, 0.1) is 6.92 Å². The van der Waals surface area contributed by atoms with Gasteiger partial charge in [-0.3, -0.25) is 0 Å². The molecule has 29 heavy (non-hydrogen) atoms. The molecule has 2 aromatic rings. The van der Waals surface area contributed by atoms with Crippen LogP contribution in [0.2, 0.25) is 0 Å². The van der Waals surface area contributed by atoms with Crippen LogP contribution in [0.4, 0.5) is 8.78 Å². The SMILES string of the molecule is CCCCNC(=NCc1nnc(C)n1C)N(C)Cc1ccc(OC(F)F)cc1.I. The Bertz CT molecular complexity index is 767. The van der Waals surface area contributed by atoms with Crippen molar-refractivity contribution in [2.45, 2.75) is 46.4 Å². The number of hydrogen-bond donors (Lipinski definition) is 1. The molecule has 1 aromatic carbocycles. The molecule has 1 aromatic heterocycles. The van der Waals surface area contributed by atoms with Gasteiger partial charge in [0.1, 0.15) is 18.1 Å². The maximum Gasteiger partial charge on any atom is 0.387 e. The Morgan fingerprint density at radius 2 is 1.97 bits per heavy atom. The summed E-state index contributed by atoms with van der Waals surface area (Å²) in [7, 11) is 3.85. The minimum atomic E-state index is -2.82. The van der Waals surface area contributed by atoms with Crippen LogP contribution in [-0.2, 0) is 20.1 Å². The number of aliphatic imine (C=N–C) groups is 1. The lowest BCUT2D eigenvalue weighted by Gasteiger charge is -2.23. The quantitative estimate of drug-likeness (QED) is 0.236. The predicted octanol–water partition coefficient (Wildman–Crippen LogP) is 3.72. The molecule has 0 saturated heterocycles. The van der Waals surface area contributed by atoms with E-state index in [9.17, 15) is 8.78 Å². The Morgan fingerprint density at radius 1 is 1.28 bits per heavy atom.